The highest BCUT2D eigenvalue weighted by Gasteiger charge is 2.25. The Morgan fingerprint density at radius 2 is 1.23 bits per heavy atom. The number of rotatable bonds is 8. The van der Waals surface area contributed by atoms with Gasteiger partial charge >= 0.3 is 0 Å². The van der Waals surface area contributed by atoms with Gasteiger partial charge in [-0.1, -0.05) is 6.92 Å². The van der Waals surface area contributed by atoms with Gasteiger partial charge in [0.1, 0.15) is 0 Å². The minimum absolute atomic E-state index is 0.634. The second kappa shape index (κ2) is 7.26. The minimum Gasteiger partial charge on any atom is -0.335 e. The number of methoxy groups -OCH3 is 3. The van der Waals surface area contributed by atoms with Crippen LogP contribution in [0.25, 0.3) is 0 Å². The summed E-state index contributed by atoms with van der Waals surface area (Å²) in [4.78, 5) is 0. The Balaban J connectivity index is 4.19. The first-order chi connectivity index (χ1) is 6.24. The van der Waals surface area contributed by atoms with E-state index in [1.54, 1.807) is 21.3 Å². The van der Waals surface area contributed by atoms with Crippen LogP contribution in [0.3, 0.4) is 0 Å². The van der Waals surface area contributed by atoms with Crippen LogP contribution in [0.15, 0.2) is 0 Å². The molecule has 0 aromatic carbocycles. The molecule has 0 heterocycles. The Morgan fingerprint density at radius 3 is 1.46 bits per heavy atom. The van der Waals surface area contributed by atoms with E-state index in [0.717, 1.165) is 13.0 Å². The summed E-state index contributed by atoms with van der Waals surface area (Å²) < 4.78 is 16.2. The molecule has 0 N–H and O–H groups in total. The Bertz CT molecular complexity index is 89.9. The highest BCUT2D eigenvalue weighted by Crippen LogP contribution is 2.08. The van der Waals surface area contributed by atoms with Gasteiger partial charge < -0.3 is 14.2 Å². The van der Waals surface area contributed by atoms with E-state index in [4.69, 9.17) is 14.2 Å². The van der Waals surface area contributed by atoms with Gasteiger partial charge in [-0.2, -0.15) is 0 Å². The molecule has 0 aromatic heterocycles. The molecule has 13 heavy (non-hydrogen) atoms. The fourth-order valence-electron chi connectivity index (χ4n) is 1.60. The normalized spacial score (nSPS) is 12.0. The molecule has 0 aliphatic carbocycles. The molecule has 0 atom stereocenters. The third-order valence-corrected chi connectivity index (χ3v) is 1.91. The van der Waals surface area contributed by atoms with Gasteiger partial charge in [-0.3, -0.25) is 4.48 Å². The first kappa shape index (κ1) is 12.8. The molecule has 80 valence electrons. The largest absolute Gasteiger partial charge is 0.335 e. The van der Waals surface area contributed by atoms with E-state index < -0.39 is 0 Å². The van der Waals surface area contributed by atoms with Gasteiger partial charge in [-0.05, 0) is 6.42 Å². The maximum absolute atomic E-state index is 5.18. The summed E-state index contributed by atoms with van der Waals surface area (Å²) in [6.45, 7) is 5.06. The van der Waals surface area contributed by atoms with Crippen molar-refractivity contribution in [1.29, 1.82) is 0 Å². The molecule has 0 radical (unpaired) electrons. The van der Waals surface area contributed by atoms with E-state index in [9.17, 15) is 0 Å². The first-order valence-electron chi connectivity index (χ1n) is 4.56. The summed E-state index contributed by atoms with van der Waals surface area (Å²) in [6.07, 6.45) is 1.09. The molecule has 0 amide bonds. The zero-order chi connectivity index (χ0) is 10.2. The third kappa shape index (κ3) is 4.57. The maximum atomic E-state index is 5.18. The molecule has 0 saturated carbocycles. The predicted molar refractivity (Wildman–Crippen MR) is 51.0 cm³/mol. The van der Waals surface area contributed by atoms with Crippen molar-refractivity contribution in [2.45, 2.75) is 13.3 Å². The molecule has 0 aliphatic heterocycles. The summed E-state index contributed by atoms with van der Waals surface area (Å²) in [6, 6.07) is 0. The van der Waals surface area contributed by atoms with Crippen LogP contribution in [-0.2, 0) is 14.2 Å². The zero-order valence-electron chi connectivity index (χ0n) is 9.21. The Hall–Kier alpha value is -0.160. The van der Waals surface area contributed by atoms with E-state index in [2.05, 4.69) is 6.92 Å². The SMILES string of the molecule is CCC[N+](COC)(COC)COC. The number of hydrogen-bond acceptors (Lipinski definition) is 3. The quantitative estimate of drug-likeness (QED) is 0.424. The minimum atomic E-state index is 0.634. The number of nitrogens with zero attached hydrogens (tertiary/aromatic N) is 1. The van der Waals surface area contributed by atoms with Gasteiger partial charge in [0.25, 0.3) is 0 Å². The van der Waals surface area contributed by atoms with Gasteiger partial charge in [0.15, 0.2) is 20.2 Å². The maximum Gasteiger partial charge on any atom is 0.186 e. The molecule has 0 rings (SSSR count). The van der Waals surface area contributed by atoms with Crippen molar-refractivity contribution in [3.8, 4) is 0 Å². The summed E-state index contributed by atoms with van der Waals surface area (Å²) in [5, 5.41) is 0. The molecule has 0 aromatic rings. The van der Waals surface area contributed by atoms with Crippen LogP contribution in [0.5, 0.6) is 0 Å². The lowest BCUT2D eigenvalue weighted by Gasteiger charge is -2.35. The van der Waals surface area contributed by atoms with E-state index >= 15 is 0 Å². The van der Waals surface area contributed by atoms with Crippen molar-refractivity contribution in [3.05, 3.63) is 0 Å². The lowest BCUT2D eigenvalue weighted by Crippen LogP contribution is -2.52. The van der Waals surface area contributed by atoms with E-state index in [1.165, 1.54) is 0 Å². The van der Waals surface area contributed by atoms with E-state index in [-0.39, 0.29) is 0 Å². The van der Waals surface area contributed by atoms with E-state index in [0.29, 0.717) is 24.7 Å². The van der Waals surface area contributed by atoms with Crippen LogP contribution in [0.2, 0.25) is 0 Å². The third-order valence-electron chi connectivity index (χ3n) is 1.91. The van der Waals surface area contributed by atoms with Crippen LogP contribution in [0, 0.1) is 0 Å². The van der Waals surface area contributed by atoms with Crippen molar-refractivity contribution in [3.63, 3.8) is 0 Å². The lowest BCUT2D eigenvalue weighted by atomic mass is 10.4. The van der Waals surface area contributed by atoms with Gasteiger partial charge in [0.05, 0.1) is 6.54 Å². The summed E-state index contributed by atoms with van der Waals surface area (Å²) in [7, 11) is 5.11. The first-order valence-corrected chi connectivity index (χ1v) is 4.56. The second-order valence-electron chi connectivity index (χ2n) is 3.32. The highest BCUT2D eigenvalue weighted by atomic mass is 16.5. The summed E-state index contributed by atoms with van der Waals surface area (Å²) in [5.41, 5.74) is 0. The molecule has 0 saturated heterocycles. The number of quaternary nitrogens is 1. The summed E-state index contributed by atoms with van der Waals surface area (Å²) >= 11 is 0. The van der Waals surface area contributed by atoms with Crippen molar-refractivity contribution in [1.82, 2.24) is 0 Å². The second-order valence-corrected chi connectivity index (χ2v) is 3.32. The highest BCUT2D eigenvalue weighted by molar-refractivity contribution is 4.29. The monoisotopic (exact) mass is 192 g/mol. The van der Waals surface area contributed by atoms with Crippen molar-refractivity contribution in [2.24, 2.45) is 0 Å². The van der Waals surface area contributed by atoms with Crippen molar-refractivity contribution >= 4 is 0 Å². The Kier molecular flexibility index (Phi) is 7.17. The molecule has 0 bridgehead atoms. The standard InChI is InChI=1S/C9H22NO3/c1-5-6-10(7-11-2,8-12-3)9-13-4/h5-9H2,1-4H3/q+1. The van der Waals surface area contributed by atoms with Crippen LogP contribution in [0.4, 0.5) is 0 Å². The van der Waals surface area contributed by atoms with Gasteiger partial charge in [0.2, 0.25) is 0 Å². The van der Waals surface area contributed by atoms with Gasteiger partial charge in [-0.25, -0.2) is 0 Å². The van der Waals surface area contributed by atoms with Crippen LogP contribution in [0.1, 0.15) is 13.3 Å². The Labute approximate surface area is 81.0 Å². The fraction of sp³-hybridized carbons (Fsp3) is 1.00. The average molecular weight is 192 g/mol. The number of hydrogen-bond donors (Lipinski definition) is 0. The van der Waals surface area contributed by atoms with Gasteiger partial charge in [0, 0.05) is 21.3 Å². The van der Waals surface area contributed by atoms with Crippen molar-refractivity contribution < 1.29 is 18.7 Å². The molecule has 0 spiro atoms. The predicted octanol–water partition coefficient (Wildman–Crippen LogP) is 1.02. The fourth-order valence-corrected chi connectivity index (χ4v) is 1.60. The van der Waals surface area contributed by atoms with Crippen molar-refractivity contribution in [2.75, 3.05) is 48.1 Å². The van der Waals surface area contributed by atoms with Crippen LogP contribution in [-0.4, -0.2) is 52.5 Å². The van der Waals surface area contributed by atoms with Crippen LogP contribution >= 0.6 is 0 Å². The molecule has 4 nitrogen and oxygen atoms in total. The summed E-state index contributed by atoms with van der Waals surface area (Å²) in [5.74, 6) is 0. The van der Waals surface area contributed by atoms with Gasteiger partial charge in [-0.15, -0.1) is 0 Å². The average Bonchev–Trinajstić information content (AvgIpc) is 2.06. The van der Waals surface area contributed by atoms with Crippen LogP contribution < -0.4 is 0 Å². The Morgan fingerprint density at radius 1 is 0.846 bits per heavy atom. The molecular weight excluding hydrogens is 170 g/mol. The molecule has 0 aliphatic rings. The topological polar surface area (TPSA) is 27.7 Å². The lowest BCUT2D eigenvalue weighted by molar-refractivity contribution is -0.977. The smallest absolute Gasteiger partial charge is 0.186 e. The number of ether oxygens (including phenoxy) is 3. The zero-order valence-corrected chi connectivity index (χ0v) is 9.21. The van der Waals surface area contributed by atoms with E-state index in [1.807, 2.05) is 0 Å². The molecule has 0 unspecified atom stereocenters. The molecular formula is C9H22NO3+. The molecule has 0 fully saturated rings. The molecule has 4 heteroatoms.